The Hall–Kier alpha value is -2.23. The maximum atomic E-state index is 12.4. The number of amides is 1. The molecular formula is C22H31N3O. The highest BCUT2D eigenvalue weighted by Crippen LogP contribution is 2.31. The number of hydrogen-bond acceptors (Lipinski definition) is 3. The summed E-state index contributed by atoms with van der Waals surface area (Å²) in [6.07, 6.45) is 15.6. The molecule has 1 aromatic rings. The molecular weight excluding hydrogens is 322 g/mol. The number of rotatable bonds is 7. The minimum Gasteiger partial charge on any atom is -0.309 e. The molecule has 0 atom stereocenters. The third kappa shape index (κ3) is 6.25. The Labute approximate surface area is 157 Å². The van der Waals surface area contributed by atoms with E-state index in [-0.39, 0.29) is 5.91 Å². The topological polar surface area (TPSA) is 54.9 Å². The second-order valence-electron chi connectivity index (χ2n) is 6.92. The molecule has 1 aromatic heterocycles. The number of allylic oxidation sites excluding steroid dienone is 5. The Morgan fingerprint density at radius 3 is 2.62 bits per heavy atom. The number of carbonyl (C=O) groups excluding carboxylic acids is 1. The van der Waals surface area contributed by atoms with Crippen LogP contribution in [0, 0.1) is 0 Å². The van der Waals surface area contributed by atoms with E-state index >= 15 is 0 Å². The van der Waals surface area contributed by atoms with Crippen molar-refractivity contribution in [2.24, 2.45) is 0 Å². The molecule has 1 heterocycles. The van der Waals surface area contributed by atoms with E-state index in [1.54, 1.807) is 0 Å². The van der Waals surface area contributed by atoms with Crippen LogP contribution in [0.1, 0.15) is 77.3 Å². The maximum absolute atomic E-state index is 12.4. The Morgan fingerprint density at radius 1 is 1.23 bits per heavy atom. The van der Waals surface area contributed by atoms with Crippen LogP contribution in [-0.4, -0.2) is 16.1 Å². The van der Waals surface area contributed by atoms with Crippen LogP contribution in [0.5, 0.6) is 0 Å². The van der Waals surface area contributed by atoms with Gasteiger partial charge in [0.1, 0.15) is 0 Å². The summed E-state index contributed by atoms with van der Waals surface area (Å²) in [5.74, 6) is 0.998. The van der Waals surface area contributed by atoms with Crippen molar-refractivity contribution in [3.8, 4) is 0 Å². The second-order valence-corrected chi connectivity index (χ2v) is 6.92. The lowest BCUT2D eigenvalue weighted by Gasteiger charge is -2.20. The molecule has 0 bridgehead atoms. The molecule has 1 aliphatic carbocycles. The lowest BCUT2D eigenvalue weighted by molar-refractivity contribution is -0.115. The summed E-state index contributed by atoms with van der Waals surface area (Å²) < 4.78 is 0. The minimum atomic E-state index is -0.0577. The average Bonchev–Trinajstić information content (AvgIpc) is 2.67. The van der Waals surface area contributed by atoms with Crippen molar-refractivity contribution in [3.05, 3.63) is 53.3 Å². The number of carbonyl (C=O) groups is 1. The minimum absolute atomic E-state index is 0.0577. The van der Waals surface area contributed by atoms with E-state index in [1.165, 1.54) is 32.1 Å². The van der Waals surface area contributed by atoms with Gasteiger partial charge >= 0.3 is 0 Å². The van der Waals surface area contributed by atoms with Crippen LogP contribution in [-0.2, 0) is 4.79 Å². The molecule has 1 fully saturated rings. The van der Waals surface area contributed by atoms with Crippen molar-refractivity contribution in [1.82, 2.24) is 10.2 Å². The molecule has 140 valence electrons. The Morgan fingerprint density at radius 2 is 2.00 bits per heavy atom. The van der Waals surface area contributed by atoms with Crippen molar-refractivity contribution in [2.75, 3.05) is 5.32 Å². The zero-order valence-electron chi connectivity index (χ0n) is 16.3. The smallest absolute Gasteiger partial charge is 0.229 e. The van der Waals surface area contributed by atoms with E-state index in [0.29, 0.717) is 18.2 Å². The Balaban J connectivity index is 1.96. The molecule has 0 unspecified atom stereocenters. The van der Waals surface area contributed by atoms with Crippen LogP contribution in [0.25, 0.3) is 0 Å². The number of aromatic nitrogens is 2. The standard InChI is InChI=1S/C22H31N3O/c1-4-6-11-17(3)19(10-5-2)16-22(26)23-21-15-14-20(24-25-21)18-12-8-7-9-13-18/h4,6,10-11,14-15,18H,5,7-9,12-13,16H2,1-3H3,(H,23,25,26)/b6-4-,17-11-,19-10+. The molecule has 0 saturated heterocycles. The fraction of sp³-hybridized carbons (Fsp3) is 0.500. The normalized spacial score (nSPS) is 16.9. The molecule has 0 spiro atoms. The highest BCUT2D eigenvalue weighted by molar-refractivity contribution is 5.91. The van der Waals surface area contributed by atoms with Gasteiger partial charge in [0.2, 0.25) is 5.91 Å². The number of hydrogen-bond donors (Lipinski definition) is 1. The summed E-state index contributed by atoms with van der Waals surface area (Å²) in [6.45, 7) is 6.10. The number of anilines is 1. The monoisotopic (exact) mass is 353 g/mol. The van der Waals surface area contributed by atoms with Gasteiger partial charge in [0.05, 0.1) is 12.1 Å². The molecule has 1 N–H and O–H groups in total. The summed E-state index contributed by atoms with van der Waals surface area (Å²) in [4.78, 5) is 12.4. The molecule has 0 radical (unpaired) electrons. The zero-order chi connectivity index (χ0) is 18.8. The Kier molecular flexibility index (Phi) is 8.26. The fourth-order valence-electron chi connectivity index (χ4n) is 3.35. The van der Waals surface area contributed by atoms with E-state index in [9.17, 15) is 4.79 Å². The molecule has 1 saturated carbocycles. The molecule has 4 nitrogen and oxygen atoms in total. The lowest BCUT2D eigenvalue weighted by Crippen LogP contribution is -2.15. The fourth-order valence-corrected chi connectivity index (χ4v) is 3.35. The molecule has 1 amide bonds. The molecule has 2 rings (SSSR count). The summed E-state index contributed by atoms with van der Waals surface area (Å²) in [5, 5.41) is 11.4. The first-order chi connectivity index (χ1) is 12.6. The molecule has 4 heteroatoms. The van der Waals surface area contributed by atoms with Gasteiger partial charge in [0.15, 0.2) is 5.82 Å². The van der Waals surface area contributed by atoms with Gasteiger partial charge in [-0.25, -0.2) is 0 Å². The third-order valence-corrected chi connectivity index (χ3v) is 4.82. The van der Waals surface area contributed by atoms with Crippen LogP contribution in [0.4, 0.5) is 5.82 Å². The first-order valence-corrected chi connectivity index (χ1v) is 9.76. The van der Waals surface area contributed by atoms with Crippen LogP contribution >= 0.6 is 0 Å². The van der Waals surface area contributed by atoms with Crippen LogP contribution < -0.4 is 5.32 Å². The zero-order valence-corrected chi connectivity index (χ0v) is 16.3. The van der Waals surface area contributed by atoms with Gasteiger partial charge in [-0.3, -0.25) is 4.79 Å². The summed E-state index contributed by atoms with van der Waals surface area (Å²) in [6, 6.07) is 3.89. The van der Waals surface area contributed by atoms with Crippen molar-refractivity contribution >= 4 is 11.7 Å². The first-order valence-electron chi connectivity index (χ1n) is 9.76. The maximum Gasteiger partial charge on any atom is 0.229 e. The SMILES string of the molecule is C\C=C/C=C(C)\C(=C\CC)CC(=O)Nc1ccc(C2CCCCC2)nn1. The molecule has 26 heavy (non-hydrogen) atoms. The number of nitrogens with zero attached hydrogens (tertiary/aromatic N) is 2. The molecule has 0 aliphatic heterocycles. The highest BCUT2D eigenvalue weighted by Gasteiger charge is 2.17. The van der Waals surface area contributed by atoms with E-state index in [4.69, 9.17) is 0 Å². The predicted molar refractivity (Wildman–Crippen MR) is 108 cm³/mol. The van der Waals surface area contributed by atoms with Crippen LogP contribution in [0.15, 0.2) is 47.6 Å². The van der Waals surface area contributed by atoms with Crippen molar-refractivity contribution in [1.29, 1.82) is 0 Å². The van der Waals surface area contributed by atoms with Gasteiger partial charge in [0, 0.05) is 5.92 Å². The third-order valence-electron chi connectivity index (χ3n) is 4.82. The number of nitrogens with one attached hydrogen (secondary N) is 1. The second kappa shape index (κ2) is 10.7. The van der Waals surface area contributed by atoms with Gasteiger partial charge in [-0.05, 0) is 56.4 Å². The average molecular weight is 354 g/mol. The summed E-state index contributed by atoms with van der Waals surface area (Å²) >= 11 is 0. The van der Waals surface area contributed by atoms with Crippen LogP contribution in [0.2, 0.25) is 0 Å². The summed E-state index contributed by atoms with van der Waals surface area (Å²) in [5.41, 5.74) is 3.22. The summed E-state index contributed by atoms with van der Waals surface area (Å²) in [7, 11) is 0. The van der Waals surface area contributed by atoms with Gasteiger partial charge in [-0.2, -0.15) is 5.10 Å². The van der Waals surface area contributed by atoms with E-state index in [2.05, 4.69) is 28.5 Å². The van der Waals surface area contributed by atoms with Crippen LogP contribution in [0.3, 0.4) is 0 Å². The Bertz CT molecular complexity index is 665. The van der Waals surface area contributed by atoms with Gasteiger partial charge in [0.25, 0.3) is 0 Å². The van der Waals surface area contributed by atoms with Gasteiger partial charge in [-0.15, -0.1) is 5.10 Å². The van der Waals surface area contributed by atoms with Gasteiger partial charge < -0.3 is 5.32 Å². The predicted octanol–water partition coefficient (Wildman–Crippen LogP) is 5.71. The highest BCUT2D eigenvalue weighted by atomic mass is 16.1. The largest absolute Gasteiger partial charge is 0.309 e. The van der Waals surface area contributed by atoms with E-state index in [0.717, 1.165) is 23.3 Å². The quantitative estimate of drug-likeness (QED) is 0.639. The molecule has 0 aromatic carbocycles. The lowest BCUT2D eigenvalue weighted by atomic mass is 9.87. The van der Waals surface area contributed by atoms with Crippen molar-refractivity contribution < 1.29 is 4.79 Å². The molecule has 1 aliphatic rings. The first kappa shape index (κ1) is 20.1. The van der Waals surface area contributed by atoms with Gasteiger partial charge in [-0.1, -0.05) is 50.5 Å². The van der Waals surface area contributed by atoms with E-state index in [1.807, 2.05) is 44.2 Å². The van der Waals surface area contributed by atoms with Crippen molar-refractivity contribution in [3.63, 3.8) is 0 Å². The van der Waals surface area contributed by atoms with Crippen molar-refractivity contribution in [2.45, 2.75) is 71.6 Å². The van der Waals surface area contributed by atoms with E-state index < -0.39 is 0 Å².